The van der Waals surface area contributed by atoms with Gasteiger partial charge in [0.05, 0.1) is 25.2 Å². The number of halogens is 1. The van der Waals surface area contributed by atoms with Crippen molar-refractivity contribution in [2.45, 2.75) is 25.5 Å². The Morgan fingerprint density at radius 3 is 2.70 bits per heavy atom. The number of carboxylic acid groups (broad SMARTS) is 1. The lowest BCUT2D eigenvalue weighted by Crippen LogP contribution is -2.61. The second-order valence-electron chi connectivity index (χ2n) is 5.73. The van der Waals surface area contributed by atoms with Crippen LogP contribution in [0.4, 0.5) is 4.39 Å². The van der Waals surface area contributed by atoms with Crippen molar-refractivity contribution in [3.63, 3.8) is 0 Å². The van der Waals surface area contributed by atoms with Crippen LogP contribution in [-0.4, -0.2) is 46.2 Å². The highest BCUT2D eigenvalue weighted by Crippen LogP contribution is 2.47. The van der Waals surface area contributed by atoms with Crippen LogP contribution in [0, 0.1) is 11.7 Å². The van der Waals surface area contributed by atoms with E-state index in [0.29, 0.717) is 11.1 Å². The summed E-state index contributed by atoms with van der Waals surface area (Å²) in [4.78, 5) is 24.9. The quantitative estimate of drug-likeness (QED) is 0.815. The number of carbonyl (C=O) groups excluding carboxylic acids is 1. The molecule has 122 valence electrons. The fraction of sp³-hybridized carbons (Fsp3) is 0.375. The van der Waals surface area contributed by atoms with Gasteiger partial charge in [0.2, 0.25) is 5.91 Å². The summed E-state index contributed by atoms with van der Waals surface area (Å²) >= 11 is 0. The Hall–Kier alpha value is -2.41. The van der Waals surface area contributed by atoms with Crippen molar-refractivity contribution < 1.29 is 28.9 Å². The molecular formula is C16H16FNO5. The molecule has 0 radical (unpaired) electrons. The number of fused-ring (bicyclic) bond motifs is 1. The van der Waals surface area contributed by atoms with Crippen molar-refractivity contribution in [1.82, 2.24) is 4.90 Å². The van der Waals surface area contributed by atoms with E-state index in [0.717, 1.165) is 0 Å². The van der Waals surface area contributed by atoms with Crippen LogP contribution >= 0.6 is 0 Å². The first-order chi connectivity index (χ1) is 10.9. The minimum atomic E-state index is -1.24. The van der Waals surface area contributed by atoms with E-state index in [1.54, 1.807) is 6.07 Å². The molecule has 0 spiro atoms. The van der Waals surface area contributed by atoms with Gasteiger partial charge in [-0.15, -0.1) is 0 Å². The summed E-state index contributed by atoms with van der Waals surface area (Å²) in [5.74, 6) is -2.81. The molecule has 7 heteroatoms. The molecule has 0 bridgehead atoms. The van der Waals surface area contributed by atoms with Crippen molar-refractivity contribution >= 4 is 17.4 Å². The second-order valence-corrected chi connectivity index (χ2v) is 5.73. The maximum absolute atomic E-state index is 13.9. The molecule has 1 amide bonds. The van der Waals surface area contributed by atoms with E-state index < -0.39 is 35.8 Å². The highest BCUT2D eigenvalue weighted by atomic mass is 19.1. The third kappa shape index (κ3) is 2.19. The predicted octanol–water partition coefficient (Wildman–Crippen LogP) is 1.24. The number of aliphatic hydroxyl groups excluding tert-OH is 1. The van der Waals surface area contributed by atoms with Gasteiger partial charge in [-0.25, -0.2) is 9.18 Å². The van der Waals surface area contributed by atoms with Crippen molar-refractivity contribution in [2.75, 3.05) is 7.11 Å². The number of β-lactam (4-membered cyclic amide) rings is 1. The summed E-state index contributed by atoms with van der Waals surface area (Å²) in [6.45, 7) is 1.51. The number of ether oxygens (including phenoxy) is 1. The highest BCUT2D eigenvalue weighted by molar-refractivity contribution is 6.06. The van der Waals surface area contributed by atoms with E-state index in [4.69, 9.17) is 4.74 Å². The molecule has 2 aliphatic rings. The number of carbonyl (C=O) groups is 2. The minimum absolute atomic E-state index is 0.0606. The van der Waals surface area contributed by atoms with Crippen LogP contribution in [0.25, 0.3) is 5.57 Å². The van der Waals surface area contributed by atoms with Crippen LogP contribution < -0.4 is 4.74 Å². The average Bonchev–Trinajstić information content (AvgIpc) is 2.82. The number of hydrogen-bond donors (Lipinski definition) is 2. The number of benzene rings is 1. The van der Waals surface area contributed by atoms with Crippen LogP contribution in [0.3, 0.4) is 0 Å². The molecule has 1 saturated heterocycles. The summed E-state index contributed by atoms with van der Waals surface area (Å²) in [5, 5.41) is 19.1. The molecule has 2 heterocycles. The summed E-state index contributed by atoms with van der Waals surface area (Å²) in [6.07, 6.45) is -0.583. The third-order valence-electron chi connectivity index (χ3n) is 4.43. The zero-order valence-corrected chi connectivity index (χ0v) is 12.6. The van der Waals surface area contributed by atoms with Crippen LogP contribution in [-0.2, 0) is 9.59 Å². The number of methoxy groups -OCH3 is 1. The number of carboxylic acids is 1. The number of aliphatic carboxylic acids is 1. The molecule has 1 aromatic carbocycles. The number of rotatable bonds is 4. The van der Waals surface area contributed by atoms with Gasteiger partial charge in [0.25, 0.3) is 0 Å². The van der Waals surface area contributed by atoms with Crippen molar-refractivity contribution in [3.8, 4) is 5.75 Å². The summed E-state index contributed by atoms with van der Waals surface area (Å²) in [6, 6.07) is 3.79. The van der Waals surface area contributed by atoms with E-state index in [-0.39, 0.29) is 17.9 Å². The first-order valence-corrected chi connectivity index (χ1v) is 7.18. The van der Waals surface area contributed by atoms with Gasteiger partial charge < -0.3 is 19.8 Å². The van der Waals surface area contributed by atoms with Gasteiger partial charge in [0, 0.05) is 0 Å². The van der Waals surface area contributed by atoms with Crippen molar-refractivity contribution in [3.05, 3.63) is 35.3 Å². The lowest BCUT2D eigenvalue weighted by molar-refractivity contribution is -0.161. The normalized spacial score (nSPS) is 24.3. The Morgan fingerprint density at radius 2 is 2.17 bits per heavy atom. The van der Waals surface area contributed by atoms with Gasteiger partial charge in [-0.05, 0) is 36.6 Å². The molecule has 1 aromatic rings. The number of amides is 1. The summed E-state index contributed by atoms with van der Waals surface area (Å²) < 4.78 is 18.8. The Balaban J connectivity index is 2.03. The lowest BCUT2D eigenvalue weighted by Gasteiger charge is -2.44. The van der Waals surface area contributed by atoms with Gasteiger partial charge in [0.15, 0.2) is 11.6 Å². The van der Waals surface area contributed by atoms with E-state index in [2.05, 4.69) is 0 Å². The van der Waals surface area contributed by atoms with Crippen LogP contribution in [0.5, 0.6) is 5.75 Å². The van der Waals surface area contributed by atoms with Crippen LogP contribution in [0.2, 0.25) is 0 Å². The monoisotopic (exact) mass is 321 g/mol. The number of aliphatic hydroxyl groups is 1. The molecule has 6 nitrogen and oxygen atoms in total. The maximum Gasteiger partial charge on any atom is 0.352 e. The largest absolute Gasteiger partial charge is 0.494 e. The smallest absolute Gasteiger partial charge is 0.352 e. The number of nitrogens with zero attached hydrogens (tertiary/aromatic N) is 1. The molecule has 0 unspecified atom stereocenters. The first kappa shape index (κ1) is 15.5. The Bertz CT molecular complexity index is 727. The van der Waals surface area contributed by atoms with E-state index in [1.807, 2.05) is 0 Å². The van der Waals surface area contributed by atoms with Crippen molar-refractivity contribution in [1.29, 1.82) is 0 Å². The zero-order valence-electron chi connectivity index (χ0n) is 12.6. The predicted molar refractivity (Wildman–Crippen MR) is 77.9 cm³/mol. The molecule has 1 fully saturated rings. The Morgan fingerprint density at radius 1 is 1.48 bits per heavy atom. The van der Waals surface area contributed by atoms with E-state index >= 15 is 0 Å². The maximum atomic E-state index is 13.9. The zero-order chi connectivity index (χ0) is 16.9. The molecule has 2 aliphatic heterocycles. The van der Waals surface area contributed by atoms with Crippen LogP contribution in [0.15, 0.2) is 23.9 Å². The average molecular weight is 321 g/mol. The lowest BCUT2D eigenvalue weighted by atomic mass is 9.82. The van der Waals surface area contributed by atoms with Gasteiger partial charge in [-0.1, -0.05) is 6.07 Å². The van der Waals surface area contributed by atoms with Crippen molar-refractivity contribution in [2.24, 2.45) is 5.92 Å². The molecule has 23 heavy (non-hydrogen) atoms. The topological polar surface area (TPSA) is 87.1 Å². The SMILES string of the molecule is COc1ccc(C2=C(C(=O)O)N3C(=O)[C@H]([C@@H](C)O)[C@H]3C2)cc1F. The van der Waals surface area contributed by atoms with Gasteiger partial charge in [-0.2, -0.15) is 0 Å². The molecular weight excluding hydrogens is 305 g/mol. The molecule has 0 aromatic heterocycles. The molecule has 2 N–H and O–H groups in total. The Labute approximate surface area is 131 Å². The first-order valence-electron chi connectivity index (χ1n) is 7.18. The van der Waals surface area contributed by atoms with Gasteiger partial charge >= 0.3 is 5.97 Å². The van der Waals surface area contributed by atoms with Gasteiger partial charge in [-0.3, -0.25) is 4.79 Å². The molecule has 3 atom stereocenters. The summed E-state index contributed by atoms with van der Waals surface area (Å²) in [7, 11) is 1.34. The standard InChI is InChI=1S/C16H16FNO5/c1-7(19)13-11-6-9(14(16(21)22)18(11)15(13)20)8-3-4-12(23-2)10(17)5-8/h3-5,7,11,13,19H,6H2,1-2H3,(H,21,22)/t7-,11-,13-/m1/s1. The summed E-state index contributed by atoms with van der Waals surface area (Å²) in [5.41, 5.74) is 0.647. The molecule has 3 rings (SSSR count). The fourth-order valence-corrected chi connectivity index (χ4v) is 3.38. The molecule has 0 saturated carbocycles. The Kier molecular flexibility index (Phi) is 3.60. The fourth-order valence-electron chi connectivity index (χ4n) is 3.38. The van der Waals surface area contributed by atoms with E-state index in [1.165, 1.54) is 31.1 Å². The number of hydrogen-bond acceptors (Lipinski definition) is 4. The second kappa shape index (κ2) is 5.34. The van der Waals surface area contributed by atoms with E-state index in [9.17, 15) is 24.2 Å². The van der Waals surface area contributed by atoms with Crippen LogP contribution in [0.1, 0.15) is 18.9 Å². The minimum Gasteiger partial charge on any atom is -0.494 e. The van der Waals surface area contributed by atoms with Gasteiger partial charge in [0.1, 0.15) is 5.70 Å². The third-order valence-corrected chi connectivity index (χ3v) is 4.43. The molecule has 0 aliphatic carbocycles. The highest BCUT2D eigenvalue weighted by Gasteiger charge is 2.56.